The molecule has 0 aliphatic heterocycles. The minimum absolute atomic E-state index is 0.0447. The Morgan fingerprint density at radius 3 is 2.10 bits per heavy atom. The number of amides is 2. The van der Waals surface area contributed by atoms with Crippen molar-refractivity contribution in [2.75, 3.05) is 13.4 Å². The fraction of sp³-hybridized carbons (Fsp3) is 0.737. The van der Waals surface area contributed by atoms with Crippen molar-refractivity contribution in [3.63, 3.8) is 0 Å². The first kappa shape index (κ1) is 42.8. The largest absolute Gasteiger partial charge is 0.445 e. The van der Waals surface area contributed by atoms with E-state index in [0.717, 1.165) is 12.8 Å². The third kappa shape index (κ3) is 17.9. The molecule has 49 heavy (non-hydrogen) atoms. The molecule has 0 aromatic carbocycles. The van der Waals surface area contributed by atoms with Gasteiger partial charge in [-0.1, -0.05) is 122 Å². The van der Waals surface area contributed by atoms with Crippen molar-refractivity contribution in [3.05, 3.63) is 35.1 Å². The lowest BCUT2D eigenvalue weighted by Gasteiger charge is -2.27. The van der Waals surface area contributed by atoms with Crippen molar-refractivity contribution in [2.24, 2.45) is 11.8 Å². The first-order valence-electron chi connectivity index (χ1n) is 18.6. The Hall–Kier alpha value is -2.39. The van der Waals surface area contributed by atoms with Crippen molar-refractivity contribution in [1.29, 1.82) is 0 Å². The van der Waals surface area contributed by atoms with E-state index in [1.807, 2.05) is 20.8 Å². The minimum atomic E-state index is -1.11. The summed E-state index contributed by atoms with van der Waals surface area (Å²) >= 11 is 13.2. The SMILES string of the molecule is CCCCCCCCCCCCCCCCC(C)CC(Cl)CC(CNC(=O)c1cc(OCF)nn1-c1ncccc1Cl)C(=O)NC(C)(C)C. The lowest BCUT2D eigenvalue weighted by molar-refractivity contribution is -0.126. The molecule has 2 heterocycles. The van der Waals surface area contributed by atoms with Gasteiger partial charge in [0.25, 0.3) is 5.91 Å². The predicted molar refractivity (Wildman–Crippen MR) is 200 cm³/mol. The summed E-state index contributed by atoms with van der Waals surface area (Å²) in [7, 11) is 0. The zero-order valence-corrected chi connectivity index (χ0v) is 32.2. The third-order valence-electron chi connectivity index (χ3n) is 8.69. The van der Waals surface area contributed by atoms with Crippen LogP contribution < -0.4 is 15.4 Å². The summed E-state index contributed by atoms with van der Waals surface area (Å²) in [6.07, 6.45) is 22.6. The van der Waals surface area contributed by atoms with Crippen molar-refractivity contribution < 1.29 is 18.7 Å². The van der Waals surface area contributed by atoms with Crippen LogP contribution in [0.25, 0.3) is 5.82 Å². The van der Waals surface area contributed by atoms with Crippen LogP contribution in [0.1, 0.15) is 154 Å². The molecule has 2 aromatic rings. The summed E-state index contributed by atoms with van der Waals surface area (Å²) in [4.78, 5) is 31.0. The zero-order valence-electron chi connectivity index (χ0n) is 30.7. The van der Waals surface area contributed by atoms with Gasteiger partial charge in [-0.3, -0.25) is 9.59 Å². The molecular weight excluding hydrogens is 664 g/mol. The number of rotatable bonds is 26. The number of hydrogen-bond donors (Lipinski definition) is 2. The number of pyridine rings is 1. The van der Waals surface area contributed by atoms with Crippen molar-refractivity contribution in [1.82, 2.24) is 25.4 Å². The predicted octanol–water partition coefficient (Wildman–Crippen LogP) is 10.4. The maximum absolute atomic E-state index is 13.4. The van der Waals surface area contributed by atoms with Gasteiger partial charge in [-0.15, -0.1) is 16.7 Å². The van der Waals surface area contributed by atoms with Gasteiger partial charge < -0.3 is 15.4 Å². The lowest BCUT2D eigenvalue weighted by atomic mass is 9.92. The molecule has 2 amide bonds. The zero-order chi connectivity index (χ0) is 36.1. The van der Waals surface area contributed by atoms with Crippen LogP contribution in [-0.4, -0.2) is 50.9 Å². The van der Waals surface area contributed by atoms with E-state index < -0.39 is 24.2 Å². The summed E-state index contributed by atoms with van der Waals surface area (Å²) in [6.45, 7) is 9.18. The Bertz CT molecular complexity index is 1220. The van der Waals surface area contributed by atoms with E-state index in [9.17, 15) is 14.0 Å². The number of ether oxygens (including phenoxy) is 1. The number of unbranched alkanes of at least 4 members (excludes halogenated alkanes) is 13. The van der Waals surface area contributed by atoms with Gasteiger partial charge in [-0.2, -0.15) is 0 Å². The molecule has 2 rings (SSSR count). The Morgan fingerprint density at radius 2 is 1.55 bits per heavy atom. The number of carbonyl (C=O) groups excluding carboxylic acids is 2. The maximum atomic E-state index is 13.4. The second-order valence-electron chi connectivity index (χ2n) is 14.5. The highest BCUT2D eigenvalue weighted by atomic mass is 35.5. The van der Waals surface area contributed by atoms with Gasteiger partial charge in [0.05, 0.1) is 10.9 Å². The second kappa shape index (κ2) is 23.9. The molecule has 11 heteroatoms. The number of alkyl halides is 2. The first-order chi connectivity index (χ1) is 23.4. The fourth-order valence-electron chi connectivity index (χ4n) is 6.05. The summed E-state index contributed by atoms with van der Waals surface area (Å²) in [6, 6.07) is 4.57. The summed E-state index contributed by atoms with van der Waals surface area (Å²) in [5.74, 6) is -0.735. The van der Waals surface area contributed by atoms with Crippen LogP contribution in [0, 0.1) is 11.8 Å². The molecule has 0 saturated heterocycles. The molecule has 0 aliphatic rings. The summed E-state index contributed by atoms with van der Waals surface area (Å²) in [5, 5.41) is 10.1. The monoisotopic (exact) mass is 725 g/mol. The standard InChI is InChI=1S/C38H62Cl2FN5O3/c1-6-7-8-9-10-11-12-13-14-15-16-17-18-19-21-29(2)24-31(39)25-30(36(47)44-38(3,4)5)27-43-37(48)33-26-34(49-28-41)45-46(33)35-32(40)22-20-23-42-35/h20,22-23,26,29-31H,6-19,21,24-25,27-28H2,1-5H3,(H,43,48)(H,44,47). The average Bonchev–Trinajstić information content (AvgIpc) is 3.46. The van der Waals surface area contributed by atoms with Crippen LogP contribution in [0.5, 0.6) is 5.88 Å². The molecule has 0 fully saturated rings. The Kier molecular flexibility index (Phi) is 20.9. The van der Waals surface area contributed by atoms with Gasteiger partial charge >= 0.3 is 0 Å². The van der Waals surface area contributed by atoms with E-state index in [4.69, 9.17) is 27.9 Å². The van der Waals surface area contributed by atoms with Gasteiger partial charge in [0.2, 0.25) is 18.6 Å². The third-order valence-corrected chi connectivity index (χ3v) is 9.34. The number of hydrogen-bond acceptors (Lipinski definition) is 5. The quantitative estimate of drug-likeness (QED) is 0.0743. The molecule has 2 aromatic heterocycles. The van der Waals surface area contributed by atoms with Crippen LogP contribution in [0.3, 0.4) is 0 Å². The van der Waals surface area contributed by atoms with Gasteiger partial charge in [0.1, 0.15) is 5.69 Å². The highest BCUT2D eigenvalue weighted by Gasteiger charge is 2.28. The Morgan fingerprint density at radius 1 is 0.959 bits per heavy atom. The van der Waals surface area contributed by atoms with Gasteiger partial charge in [0.15, 0.2) is 5.82 Å². The van der Waals surface area contributed by atoms with Crippen molar-refractivity contribution in [2.45, 2.75) is 155 Å². The molecule has 3 atom stereocenters. The highest BCUT2D eigenvalue weighted by molar-refractivity contribution is 6.32. The Balaban J connectivity index is 1.83. The van der Waals surface area contributed by atoms with Gasteiger partial charge in [-0.25, -0.2) is 14.1 Å². The first-order valence-corrected chi connectivity index (χ1v) is 19.4. The molecule has 278 valence electrons. The highest BCUT2D eigenvalue weighted by Crippen LogP contribution is 2.25. The summed E-state index contributed by atoms with van der Waals surface area (Å²) < 4.78 is 19.0. The van der Waals surface area contributed by atoms with E-state index in [1.165, 1.54) is 107 Å². The summed E-state index contributed by atoms with van der Waals surface area (Å²) in [5.41, 5.74) is -0.404. The topological polar surface area (TPSA) is 98.1 Å². The smallest absolute Gasteiger partial charge is 0.270 e. The van der Waals surface area contributed by atoms with E-state index in [1.54, 1.807) is 12.1 Å². The molecule has 0 radical (unpaired) electrons. The van der Waals surface area contributed by atoms with Gasteiger partial charge in [0, 0.05) is 29.7 Å². The van der Waals surface area contributed by atoms with Crippen LogP contribution in [0.15, 0.2) is 24.4 Å². The number of aromatic nitrogens is 3. The molecule has 0 bridgehead atoms. The fourth-order valence-corrected chi connectivity index (χ4v) is 6.77. The molecule has 0 saturated carbocycles. The average molecular weight is 727 g/mol. The number of halogens is 3. The van der Waals surface area contributed by atoms with Crippen LogP contribution >= 0.6 is 23.2 Å². The number of nitrogens with one attached hydrogen (secondary N) is 2. The van der Waals surface area contributed by atoms with Gasteiger partial charge in [-0.05, 0) is 51.7 Å². The number of carbonyl (C=O) groups is 2. The Labute approximate surface area is 305 Å². The lowest BCUT2D eigenvalue weighted by Crippen LogP contribution is -2.47. The van der Waals surface area contributed by atoms with E-state index in [-0.39, 0.29) is 40.2 Å². The molecule has 0 aliphatic carbocycles. The van der Waals surface area contributed by atoms with E-state index >= 15 is 0 Å². The van der Waals surface area contributed by atoms with Crippen LogP contribution in [-0.2, 0) is 4.79 Å². The molecular formula is C38H62Cl2FN5O3. The van der Waals surface area contributed by atoms with Crippen LogP contribution in [0.2, 0.25) is 5.02 Å². The van der Waals surface area contributed by atoms with E-state index in [0.29, 0.717) is 12.3 Å². The molecule has 3 unspecified atom stereocenters. The minimum Gasteiger partial charge on any atom is -0.445 e. The second-order valence-corrected chi connectivity index (χ2v) is 15.6. The molecule has 0 spiro atoms. The number of nitrogens with zero attached hydrogens (tertiary/aromatic N) is 3. The van der Waals surface area contributed by atoms with Crippen molar-refractivity contribution >= 4 is 35.0 Å². The maximum Gasteiger partial charge on any atom is 0.270 e. The van der Waals surface area contributed by atoms with Crippen LogP contribution in [0.4, 0.5) is 4.39 Å². The molecule has 8 nitrogen and oxygen atoms in total. The molecule has 2 N–H and O–H groups in total. The normalized spacial score (nSPS) is 13.6. The van der Waals surface area contributed by atoms with E-state index in [2.05, 4.69) is 34.6 Å². The van der Waals surface area contributed by atoms with Crippen molar-refractivity contribution in [3.8, 4) is 11.7 Å².